The number of hydrogen-bond acceptors (Lipinski definition) is 3. The van der Waals surface area contributed by atoms with Crippen LogP contribution in [0.1, 0.15) is 22.3 Å². The van der Waals surface area contributed by atoms with Crippen molar-refractivity contribution in [1.29, 1.82) is 0 Å². The van der Waals surface area contributed by atoms with Gasteiger partial charge in [-0.05, 0) is 53.1 Å². The monoisotopic (exact) mass is 513 g/mol. The molecular formula is C37H23NO2. The second-order valence-electron chi connectivity index (χ2n) is 10.5. The highest BCUT2D eigenvalue weighted by molar-refractivity contribution is 6.12. The fourth-order valence-electron chi connectivity index (χ4n) is 7.03. The van der Waals surface area contributed by atoms with Gasteiger partial charge in [-0.25, -0.2) is 0 Å². The SMILES string of the molecule is c1ccc2c(c1)Oc1ccccc1C21c2ccccc2-c2c(Nc3cccc4oc5ccccc5c34)cccc21. The Labute approximate surface area is 231 Å². The molecule has 1 aliphatic carbocycles. The van der Waals surface area contributed by atoms with E-state index in [0.717, 1.165) is 44.8 Å². The first-order valence-electron chi connectivity index (χ1n) is 13.6. The Kier molecular flexibility index (Phi) is 4.26. The predicted molar refractivity (Wildman–Crippen MR) is 161 cm³/mol. The van der Waals surface area contributed by atoms with Crippen LogP contribution in [0.15, 0.2) is 138 Å². The molecule has 9 rings (SSSR count). The van der Waals surface area contributed by atoms with Crippen molar-refractivity contribution in [3.05, 3.63) is 156 Å². The molecule has 0 atom stereocenters. The van der Waals surface area contributed by atoms with Crippen molar-refractivity contribution in [1.82, 2.24) is 0 Å². The Bertz CT molecular complexity index is 2090. The van der Waals surface area contributed by atoms with E-state index in [4.69, 9.17) is 9.15 Å². The molecule has 1 aliphatic heterocycles. The van der Waals surface area contributed by atoms with Crippen LogP contribution in [0.5, 0.6) is 11.5 Å². The van der Waals surface area contributed by atoms with E-state index in [1.165, 1.54) is 33.4 Å². The highest BCUT2D eigenvalue weighted by Crippen LogP contribution is 2.63. The molecule has 1 aromatic heterocycles. The Morgan fingerprint density at radius 1 is 0.475 bits per heavy atom. The maximum Gasteiger partial charge on any atom is 0.137 e. The van der Waals surface area contributed by atoms with Gasteiger partial charge in [0, 0.05) is 27.8 Å². The van der Waals surface area contributed by atoms with E-state index in [1.54, 1.807) is 0 Å². The van der Waals surface area contributed by atoms with Gasteiger partial charge in [-0.15, -0.1) is 0 Å². The number of nitrogens with one attached hydrogen (secondary N) is 1. The molecule has 0 unspecified atom stereocenters. The summed E-state index contributed by atoms with van der Waals surface area (Å²) in [5, 5.41) is 6.05. The lowest BCUT2D eigenvalue weighted by Crippen LogP contribution is -2.32. The Hall–Kier alpha value is -5.28. The Balaban J connectivity index is 1.35. The molecule has 0 radical (unpaired) electrons. The van der Waals surface area contributed by atoms with Gasteiger partial charge < -0.3 is 14.5 Å². The molecular weight excluding hydrogens is 490 g/mol. The zero-order valence-corrected chi connectivity index (χ0v) is 21.5. The van der Waals surface area contributed by atoms with Gasteiger partial charge in [0.2, 0.25) is 0 Å². The number of fused-ring (bicyclic) bond motifs is 12. The molecule has 2 heterocycles. The molecule has 0 saturated heterocycles. The van der Waals surface area contributed by atoms with E-state index < -0.39 is 5.41 Å². The normalized spacial score (nSPS) is 13.9. The smallest absolute Gasteiger partial charge is 0.137 e. The molecule has 6 aromatic carbocycles. The second kappa shape index (κ2) is 7.87. The van der Waals surface area contributed by atoms with Crippen LogP contribution in [0, 0.1) is 0 Å². The molecule has 3 heteroatoms. The molecule has 1 spiro atoms. The summed E-state index contributed by atoms with van der Waals surface area (Å²) in [6.07, 6.45) is 0. The summed E-state index contributed by atoms with van der Waals surface area (Å²) in [4.78, 5) is 0. The summed E-state index contributed by atoms with van der Waals surface area (Å²) >= 11 is 0. The number of para-hydroxylation sites is 3. The van der Waals surface area contributed by atoms with Gasteiger partial charge in [0.15, 0.2) is 0 Å². The maximum absolute atomic E-state index is 6.47. The minimum Gasteiger partial charge on any atom is -0.457 e. The van der Waals surface area contributed by atoms with Gasteiger partial charge >= 0.3 is 0 Å². The molecule has 2 aliphatic rings. The summed E-state index contributed by atoms with van der Waals surface area (Å²) in [6, 6.07) is 46.9. The summed E-state index contributed by atoms with van der Waals surface area (Å²) < 4.78 is 12.7. The largest absolute Gasteiger partial charge is 0.457 e. The highest BCUT2D eigenvalue weighted by Gasteiger charge is 2.51. The van der Waals surface area contributed by atoms with Crippen LogP contribution in [0.2, 0.25) is 0 Å². The van der Waals surface area contributed by atoms with Crippen LogP contribution >= 0.6 is 0 Å². The molecule has 0 fully saturated rings. The van der Waals surface area contributed by atoms with Crippen molar-refractivity contribution in [2.45, 2.75) is 5.41 Å². The first-order chi connectivity index (χ1) is 19.8. The maximum atomic E-state index is 6.47. The zero-order chi connectivity index (χ0) is 26.3. The summed E-state index contributed by atoms with van der Waals surface area (Å²) in [5.74, 6) is 1.80. The van der Waals surface area contributed by atoms with Crippen molar-refractivity contribution in [2.24, 2.45) is 0 Å². The summed E-state index contributed by atoms with van der Waals surface area (Å²) in [7, 11) is 0. The van der Waals surface area contributed by atoms with Gasteiger partial charge in [-0.2, -0.15) is 0 Å². The minimum atomic E-state index is -0.483. The Morgan fingerprint density at radius 2 is 1.07 bits per heavy atom. The van der Waals surface area contributed by atoms with Crippen LogP contribution in [0.3, 0.4) is 0 Å². The number of furan rings is 1. The predicted octanol–water partition coefficient (Wildman–Crippen LogP) is 9.80. The molecule has 188 valence electrons. The van der Waals surface area contributed by atoms with Crippen LogP contribution in [0.25, 0.3) is 33.1 Å². The number of hydrogen-bond donors (Lipinski definition) is 1. The average molecular weight is 514 g/mol. The standard InChI is InChI=1S/C37H23NO2/c1-3-13-25-23(11-1)35-28(37(25)26-14-4-7-20-32(26)40-33-21-8-5-15-27(33)37)16-9-17-29(35)38-30-18-10-22-34-36(30)24-12-2-6-19-31(24)39-34/h1-22,38H. The first-order valence-corrected chi connectivity index (χ1v) is 13.6. The van der Waals surface area contributed by atoms with Crippen molar-refractivity contribution in [2.75, 3.05) is 5.32 Å². The van der Waals surface area contributed by atoms with Gasteiger partial charge in [0.25, 0.3) is 0 Å². The zero-order valence-electron chi connectivity index (χ0n) is 21.5. The molecule has 0 saturated carbocycles. The van der Waals surface area contributed by atoms with Crippen molar-refractivity contribution in [3.8, 4) is 22.6 Å². The highest BCUT2D eigenvalue weighted by atomic mass is 16.5. The van der Waals surface area contributed by atoms with E-state index in [-0.39, 0.29) is 0 Å². The number of ether oxygens (including phenoxy) is 1. The summed E-state index contributed by atoms with van der Waals surface area (Å²) in [6.45, 7) is 0. The van der Waals surface area contributed by atoms with Crippen LogP contribution in [0.4, 0.5) is 11.4 Å². The summed E-state index contributed by atoms with van der Waals surface area (Å²) in [5.41, 5.74) is 10.7. The van der Waals surface area contributed by atoms with E-state index >= 15 is 0 Å². The molecule has 3 nitrogen and oxygen atoms in total. The van der Waals surface area contributed by atoms with Gasteiger partial charge in [0.05, 0.1) is 16.5 Å². The number of anilines is 2. The molecule has 7 aromatic rings. The third kappa shape index (κ3) is 2.69. The van der Waals surface area contributed by atoms with Crippen LogP contribution in [-0.4, -0.2) is 0 Å². The Morgan fingerprint density at radius 3 is 1.90 bits per heavy atom. The van der Waals surface area contributed by atoms with E-state index in [1.807, 2.05) is 18.2 Å². The van der Waals surface area contributed by atoms with E-state index in [9.17, 15) is 0 Å². The third-order valence-corrected chi connectivity index (χ3v) is 8.54. The van der Waals surface area contributed by atoms with Crippen molar-refractivity contribution in [3.63, 3.8) is 0 Å². The first kappa shape index (κ1) is 21.6. The van der Waals surface area contributed by atoms with Crippen molar-refractivity contribution < 1.29 is 9.15 Å². The van der Waals surface area contributed by atoms with Gasteiger partial charge in [-0.1, -0.05) is 97.1 Å². The van der Waals surface area contributed by atoms with Crippen LogP contribution < -0.4 is 10.1 Å². The fraction of sp³-hybridized carbons (Fsp3) is 0.0270. The third-order valence-electron chi connectivity index (χ3n) is 8.54. The van der Waals surface area contributed by atoms with E-state index in [2.05, 4.69) is 121 Å². The lowest BCUT2D eigenvalue weighted by molar-refractivity contribution is 0.436. The quantitative estimate of drug-likeness (QED) is 0.250. The second-order valence-corrected chi connectivity index (χ2v) is 10.5. The lowest BCUT2D eigenvalue weighted by atomic mass is 9.66. The van der Waals surface area contributed by atoms with Gasteiger partial charge in [-0.3, -0.25) is 0 Å². The van der Waals surface area contributed by atoms with E-state index in [0.29, 0.717) is 0 Å². The lowest BCUT2D eigenvalue weighted by Gasteiger charge is -2.39. The number of benzene rings is 6. The molecule has 0 bridgehead atoms. The minimum absolute atomic E-state index is 0.483. The number of rotatable bonds is 2. The fourth-order valence-corrected chi connectivity index (χ4v) is 7.03. The topological polar surface area (TPSA) is 34.4 Å². The molecule has 40 heavy (non-hydrogen) atoms. The van der Waals surface area contributed by atoms with Crippen LogP contribution in [-0.2, 0) is 5.41 Å². The van der Waals surface area contributed by atoms with Gasteiger partial charge in [0.1, 0.15) is 22.7 Å². The molecule has 0 amide bonds. The van der Waals surface area contributed by atoms with Crippen molar-refractivity contribution >= 4 is 33.3 Å². The average Bonchev–Trinajstić information content (AvgIpc) is 3.53. The molecule has 1 N–H and O–H groups in total.